The molecule has 2 unspecified atom stereocenters. The summed E-state index contributed by atoms with van der Waals surface area (Å²) in [6.45, 7) is 14.4. The number of thiazole rings is 1. The Labute approximate surface area is 352 Å². The largest absolute Gasteiger partial charge is 0.453 e. The molecule has 5 rings (SSSR count). The predicted molar refractivity (Wildman–Crippen MR) is 229 cm³/mol. The Morgan fingerprint density at radius 2 is 1.53 bits per heavy atom. The highest BCUT2D eigenvalue weighted by Gasteiger charge is 2.44. The van der Waals surface area contributed by atoms with Crippen molar-refractivity contribution in [2.24, 2.45) is 10.8 Å². The van der Waals surface area contributed by atoms with Gasteiger partial charge in [-0.1, -0.05) is 102 Å². The molecule has 5 amide bonds. The Hall–Kier alpha value is -5.34. The van der Waals surface area contributed by atoms with Crippen LogP contribution in [0.15, 0.2) is 84.4 Å². The number of aliphatic hydroxyl groups excluding tert-OH is 1. The molecule has 1 saturated heterocycles. The van der Waals surface area contributed by atoms with Crippen molar-refractivity contribution >= 4 is 35.3 Å². The van der Waals surface area contributed by atoms with Crippen LogP contribution in [-0.4, -0.2) is 99.3 Å². The molecule has 1 aliphatic heterocycles. The minimum Gasteiger partial charge on any atom is -0.453 e. The lowest BCUT2D eigenvalue weighted by Crippen LogP contribution is -2.59. The number of alkyl carbamates (subject to hydrolysis) is 1. The van der Waals surface area contributed by atoms with Crippen LogP contribution in [0, 0.1) is 17.8 Å². The van der Waals surface area contributed by atoms with Crippen LogP contribution in [0.1, 0.15) is 69.8 Å². The van der Waals surface area contributed by atoms with E-state index in [1.165, 1.54) is 18.4 Å². The lowest BCUT2D eigenvalue weighted by atomic mass is 9.84. The summed E-state index contributed by atoms with van der Waals surface area (Å²) < 4.78 is 4.84. The zero-order valence-corrected chi connectivity index (χ0v) is 36.2. The second-order valence-corrected chi connectivity index (χ2v) is 18.5. The third-order valence-electron chi connectivity index (χ3n) is 10.5. The van der Waals surface area contributed by atoms with Gasteiger partial charge in [0.2, 0.25) is 11.8 Å². The molecule has 0 bridgehead atoms. The van der Waals surface area contributed by atoms with E-state index >= 15 is 0 Å². The Kier molecular flexibility index (Phi) is 14.9. The molecule has 2 aromatic carbocycles. The first kappa shape index (κ1) is 44.8. The van der Waals surface area contributed by atoms with E-state index in [1.807, 2.05) is 127 Å². The lowest BCUT2D eigenvalue weighted by Gasteiger charge is -2.38. The molecule has 3 heterocycles. The second kappa shape index (κ2) is 19.6. The number of hydrogen-bond acceptors (Lipinski definition) is 9. The SMILES string of the molecule is COC(=O)NC(C(=O)N[C@@H](Cc1ccc(-c2ccccn2)cc1)C[C@H](O)[C@H](Cc1ccccc1)NC(=O)C(N1CCN(Cc2csc(C)n2)C1=O)C(C)(C)C)C(C)(C)C. The minimum absolute atomic E-state index is 0.0598. The molecule has 0 spiro atoms. The first-order valence-electron chi connectivity index (χ1n) is 20.1. The van der Waals surface area contributed by atoms with Gasteiger partial charge in [0.05, 0.1) is 42.2 Å². The van der Waals surface area contributed by atoms with Crippen LogP contribution in [0.3, 0.4) is 0 Å². The number of rotatable bonds is 16. The Morgan fingerprint density at radius 3 is 2.12 bits per heavy atom. The summed E-state index contributed by atoms with van der Waals surface area (Å²) in [5.41, 5.74) is 3.03. The quantitative estimate of drug-likeness (QED) is 0.105. The van der Waals surface area contributed by atoms with E-state index in [-0.39, 0.29) is 18.4 Å². The number of aryl methyl sites for hydroxylation is 1. The van der Waals surface area contributed by atoms with Crippen LogP contribution in [0.5, 0.6) is 0 Å². The summed E-state index contributed by atoms with van der Waals surface area (Å²) in [7, 11) is 1.24. The topological polar surface area (TPSA) is 166 Å². The molecule has 4 N–H and O–H groups in total. The predicted octanol–water partition coefficient (Wildman–Crippen LogP) is 6.14. The number of aliphatic hydroxyl groups is 1. The van der Waals surface area contributed by atoms with Crippen LogP contribution in [0.25, 0.3) is 11.3 Å². The molecule has 1 aliphatic rings. The Bertz CT molecular complexity index is 2010. The fraction of sp³-hybridized carbons (Fsp3) is 0.467. The number of hydrogen-bond donors (Lipinski definition) is 4. The number of urea groups is 1. The van der Waals surface area contributed by atoms with E-state index in [4.69, 9.17) is 4.74 Å². The summed E-state index contributed by atoms with van der Waals surface area (Å²) in [6.07, 6.45) is 0.553. The van der Waals surface area contributed by atoms with Gasteiger partial charge in [-0.25, -0.2) is 14.6 Å². The van der Waals surface area contributed by atoms with Gasteiger partial charge < -0.3 is 35.6 Å². The average Bonchev–Trinajstić information content (AvgIpc) is 3.76. The summed E-state index contributed by atoms with van der Waals surface area (Å²) in [5, 5.41) is 24.0. The lowest BCUT2D eigenvalue weighted by molar-refractivity contribution is -0.131. The molecule has 1 fully saturated rings. The number of carbonyl (C=O) groups is 4. The van der Waals surface area contributed by atoms with Crippen LogP contribution in [-0.2, 0) is 33.7 Å². The maximum atomic E-state index is 14.6. The zero-order valence-electron chi connectivity index (χ0n) is 35.4. The summed E-state index contributed by atoms with van der Waals surface area (Å²) in [6, 6.07) is 19.7. The number of carbonyl (C=O) groups excluding carboxylic acids is 4. The number of pyridine rings is 1. The van der Waals surface area contributed by atoms with Crippen LogP contribution in [0.2, 0.25) is 0 Å². The molecule has 13 nitrogen and oxygen atoms in total. The number of nitrogens with one attached hydrogen (secondary N) is 3. The van der Waals surface area contributed by atoms with E-state index in [0.717, 1.165) is 33.1 Å². The average molecular weight is 826 g/mol. The van der Waals surface area contributed by atoms with Gasteiger partial charge in [-0.2, -0.15) is 0 Å². The number of benzene rings is 2. The molecule has 0 radical (unpaired) electrons. The smallest absolute Gasteiger partial charge is 0.407 e. The van der Waals surface area contributed by atoms with Crippen molar-refractivity contribution in [2.45, 2.75) is 105 Å². The number of nitrogens with zero attached hydrogens (tertiary/aromatic N) is 4. The summed E-state index contributed by atoms with van der Waals surface area (Å²) in [4.78, 5) is 67.1. The van der Waals surface area contributed by atoms with E-state index in [0.29, 0.717) is 32.5 Å². The Morgan fingerprint density at radius 1 is 0.847 bits per heavy atom. The number of methoxy groups -OCH3 is 1. The fourth-order valence-electron chi connectivity index (χ4n) is 7.49. The number of amides is 5. The normalized spacial score (nSPS) is 15.8. The van der Waals surface area contributed by atoms with Crippen LogP contribution >= 0.6 is 11.3 Å². The van der Waals surface area contributed by atoms with Gasteiger partial charge in [0.25, 0.3) is 0 Å². The molecule has 14 heteroatoms. The van der Waals surface area contributed by atoms with E-state index in [9.17, 15) is 24.3 Å². The third-order valence-corrected chi connectivity index (χ3v) is 11.3. The Balaban J connectivity index is 1.41. The molecule has 316 valence electrons. The van der Waals surface area contributed by atoms with Crippen molar-refractivity contribution in [1.82, 2.24) is 35.7 Å². The molecule has 4 aromatic rings. The standard InChI is InChI=1S/C45H59N7O6S/c1-29-47-34(28-59-29)27-51-22-23-52(43(51)57)39(45(5,6)7)41(55)49-36(25-30-14-10-9-11-15-30)37(53)26-33(48-40(54)38(44(2,3)4)50-42(56)58-8)24-31-17-19-32(20-18-31)35-16-12-13-21-46-35/h9-21,28,33,36-39,53H,22-27H2,1-8H3,(H,48,54)(H,49,55)(H,50,56)/t33-,36-,37-,38?,39?/m0/s1. The van der Waals surface area contributed by atoms with E-state index in [1.54, 1.807) is 16.0 Å². The molecule has 0 saturated carbocycles. The molecule has 2 aromatic heterocycles. The third kappa shape index (κ3) is 12.3. The monoisotopic (exact) mass is 825 g/mol. The first-order chi connectivity index (χ1) is 27.9. The highest BCUT2D eigenvalue weighted by Crippen LogP contribution is 2.30. The van der Waals surface area contributed by atoms with Crippen molar-refractivity contribution < 1.29 is 29.0 Å². The highest BCUT2D eigenvalue weighted by atomic mass is 32.1. The number of aromatic nitrogens is 2. The van der Waals surface area contributed by atoms with Crippen molar-refractivity contribution in [3.63, 3.8) is 0 Å². The van der Waals surface area contributed by atoms with Gasteiger partial charge >= 0.3 is 12.1 Å². The zero-order chi connectivity index (χ0) is 42.9. The molecule has 0 aliphatic carbocycles. The molecule has 59 heavy (non-hydrogen) atoms. The molecular weight excluding hydrogens is 767 g/mol. The van der Waals surface area contributed by atoms with Gasteiger partial charge in [0.15, 0.2) is 0 Å². The van der Waals surface area contributed by atoms with Crippen molar-refractivity contribution in [1.29, 1.82) is 0 Å². The van der Waals surface area contributed by atoms with Crippen molar-refractivity contribution in [3.05, 3.63) is 106 Å². The van der Waals surface area contributed by atoms with Crippen LogP contribution < -0.4 is 16.0 Å². The van der Waals surface area contributed by atoms with Gasteiger partial charge in [0.1, 0.15) is 12.1 Å². The maximum absolute atomic E-state index is 14.6. The van der Waals surface area contributed by atoms with E-state index < -0.39 is 53.1 Å². The van der Waals surface area contributed by atoms with Gasteiger partial charge in [-0.05, 0) is 60.3 Å². The summed E-state index contributed by atoms with van der Waals surface area (Å²) in [5.74, 6) is -0.815. The first-order valence-corrected chi connectivity index (χ1v) is 20.9. The highest BCUT2D eigenvalue weighted by molar-refractivity contribution is 7.09. The summed E-state index contributed by atoms with van der Waals surface area (Å²) >= 11 is 1.53. The second-order valence-electron chi connectivity index (χ2n) is 17.4. The fourth-order valence-corrected chi connectivity index (χ4v) is 8.10. The molecule has 5 atom stereocenters. The molecular formula is C45H59N7O6S. The number of ether oxygens (including phenoxy) is 1. The van der Waals surface area contributed by atoms with Gasteiger partial charge in [0, 0.05) is 36.3 Å². The van der Waals surface area contributed by atoms with E-state index in [2.05, 4.69) is 25.9 Å². The van der Waals surface area contributed by atoms with Crippen molar-refractivity contribution in [3.8, 4) is 11.3 Å². The minimum atomic E-state index is -1.14. The van der Waals surface area contributed by atoms with Crippen LogP contribution in [0.4, 0.5) is 9.59 Å². The maximum Gasteiger partial charge on any atom is 0.407 e. The van der Waals surface area contributed by atoms with Crippen molar-refractivity contribution in [2.75, 3.05) is 20.2 Å². The van der Waals surface area contributed by atoms with Gasteiger partial charge in [-0.3, -0.25) is 14.6 Å². The van der Waals surface area contributed by atoms with Gasteiger partial charge in [-0.15, -0.1) is 11.3 Å².